The van der Waals surface area contributed by atoms with Gasteiger partial charge in [0.2, 0.25) is 0 Å². The zero-order valence-electron chi connectivity index (χ0n) is 13.4. The van der Waals surface area contributed by atoms with E-state index in [-0.39, 0.29) is 11.9 Å². The van der Waals surface area contributed by atoms with Crippen LogP contribution in [0, 0.1) is 0 Å². The van der Waals surface area contributed by atoms with E-state index in [0.29, 0.717) is 23.0 Å². The molecule has 3 heterocycles. The maximum Gasteiger partial charge on any atom is 0.257 e. The van der Waals surface area contributed by atoms with E-state index >= 15 is 0 Å². The van der Waals surface area contributed by atoms with Crippen LogP contribution in [0.15, 0.2) is 47.3 Å². The number of halogens is 1. The number of hydrogen-bond acceptors (Lipinski definition) is 5. The number of nitrogens with zero attached hydrogens (tertiary/aromatic N) is 5. The summed E-state index contributed by atoms with van der Waals surface area (Å²) in [5, 5.41) is 13.4. The zero-order valence-corrected chi connectivity index (χ0v) is 14.1. The number of piperidine rings is 1. The van der Waals surface area contributed by atoms with Crippen LogP contribution < -0.4 is 0 Å². The Bertz CT molecular complexity index is 877. The highest BCUT2D eigenvalue weighted by atomic mass is 35.5. The van der Waals surface area contributed by atoms with Crippen molar-refractivity contribution >= 4 is 17.5 Å². The average molecular weight is 358 g/mol. The van der Waals surface area contributed by atoms with Crippen molar-refractivity contribution < 1.29 is 9.21 Å². The lowest BCUT2D eigenvalue weighted by molar-refractivity contribution is 0.0599. The summed E-state index contributed by atoms with van der Waals surface area (Å²) in [7, 11) is 0. The Kier molecular flexibility index (Phi) is 4.23. The normalized spacial score (nSPS) is 17.6. The second kappa shape index (κ2) is 6.68. The summed E-state index contributed by atoms with van der Waals surface area (Å²) < 4.78 is 5.03. The van der Waals surface area contributed by atoms with Crippen LogP contribution in [0.1, 0.15) is 41.5 Å². The minimum Gasteiger partial charge on any atom is -0.472 e. The van der Waals surface area contributed by atoms with Crippen LogP contribution in [0.2, 0.25) is 5.02 Å². The van der Waals surface area contributed by atoms with Gasteiger partial charge in [-0.25, -0.2) is 0 Å². The molecule has 0 bridgehead atoms. The largest absolute Gasteiger partial charge is 0.472 e. The third-order valence-electron chi connectivity index (χ3n) is 4.30. The molecule has 4 rings (SSSR count). The van der Waals surface area contributed by atoms with E-state index in [1.165, 1.54) is 17.3 Å². The van der Waals surface area contributed by atoms with E-state index < -0.39 is 0 Å². The molecule has 1 amide bonds. The van der Waals surface area contributed by atoms with Gasteiger partial charge < -0.3 is 9.32 Å². The van der Waals surface area contributed by atoms with Gasteiger partial charge in [-0.15, -0.1) is 15.0 Å². The van der Waals surface area contributed by atoms with Crippen LogP contribution in [-0.2, 0) is 0 Å². The number of aromatic nitrogens is 4. The first-order valence-electron chi connectivity index (χ1n) is 8.11. The summed E-state index contributed by atoms with van der Waals surface area (Å²) >= 11 is 6.02. The Labute approximate surface area is 149 Å². The minimum absolute atomic E-state index is 0.0717. The van der Waals surface area contributed by atoms with Crippen LogP contribution in [0.4, 0.5) is 0 Å². The molecule has 0 saturated carbocycles. The van der Waals surface area contributed by atoms with Crippen molar-refractivity contribution in [1.82, 2.24) is 25.1 Å². The third kappa shape index (κ3) is 3.15. The molecule has 1 unspecified atom stereocenters. The van der Waals surface area contributed by atoms with Gasteiger partial charge in [0.1, 0.15) is 6.26 Å². The van der Waals surface area contributed by atoms with Crippen molar-refractivity contribution in [3.05, 3.63) is 59.3 Å². The van der Waals surface area contributed by atoms with Gasteiger partial charge >= 0.3 is 0 Å². The molecule has 0 radical (unpaired) electrons. The molecule has 0 aliphatic carbocycles. The fourth-order valence-electron chi connectivity index (χ4n) is 3.06. The van der Waals surface area contributed by atoms with Crippen molar-refractivity contribution in [2.75, 3.05) is 6.54 Å². The fraction of sp³-hybridized carbons (Fsp3) is 0.294. The van der Waals surface area contributed by atoms with E-state index in [1.54, 1.807) is 23.1 Å². The topological polar surface area (TPSA) is 77.0 Å². The molecule has 0 spiro atoms. The maximum atomic E-state index is 12.7. The Morgan fingerprint density at radius 3 is 3.00 bits per heavy atom. The number of furan rings is 1. The predicted molar refractivity (Wildman–Crippen MR) is 90.5 cm³/mol. The van der Waals surface area contributed by atoms with Crippen molar-refractivity contribution in [1.29, 1.82) is 0 Å². The molecule has 1 aliphatic heterocycles. The van der Waals surface area contributed by atoms with E-state index in [0.717, 1.165) is 24.9 Å². The van der Waals surface area contributed by atoms with Gasteiger partial charge in [-0.05, 0) is 48.7 Å². The summed E-state index contributed by atoms with van der Waals surface area (Å²) in [5.41, 5.74) is 1.27. The predicted octanol–water partition coefficient (Wildman–Crippen LogP) is 3.28. The lowest BCUT2D eigenvalue weighted by Crippen LogP contribution is -2.38. The first kappa shape index (κ1) is 15.8. The number of carbonyl (C=O) groups excluding carboxylic acids is 1. The quantitative estimate of drug-likeness (QED) is 0.719. The van der Waals surface area contributed by atoms with Crippen molar-refractivity contribution in [2.45, 2.75) is 25.3 Å². The second-order valence-corrected chi connectivity index (χ2v) is 6.38. The lowest BCUT2D eigenvalue weighted by Gasteiger charge is -2.33. The molecule has 1 aromatic carbocycles. The van der Waals surface area contributed by atoms with Gasteiger partial charge in [-0.1, -0.05) is 17.7 Å². The first-order chi connectivity index (χ1) is 12.2. The smallest absolute Gasteiger partial charge is 0.257 e. The van der Waals surface area contributed by atoms with Crippen molar-refractivity contribution in [2.24, 2.45) is 0 Å². The zero-order chi connectivity index (χ0) is 17.2. The van der Waals surface area contributed by atoms with Crippen LogP contribution >= 0.6 is 11.6 Å². The molecule has 1 fully saturated rings. The minimum atomic E-state index is -0.191. The van der Waals surface area contributed by atoms with Gasteiger partial charge in [-0.2, -0.15) is 0 Å². The van der Waals surface area contributed by atoms with Crippen molar-refractivity contribution in [3.8, 4) is 5.69 Å². The highest BCUT2D eigenvalue weighted by Crippen LogP contribution is 2.30. The molecular weight excluding hydrogens is 342 g/mol. The Hall–Kier alpha value is -2.67. The number of tetrazole rings is 1. The van der Waals surface area contributed by atoms with Crippen molar-refractivity contribution in [3.63, 3.8) is 0 Å². The molecular formula is C17H16ClN5O2. The highest BCUT2D eigenvalue weighted by Gasteiger charge is 2.32. The summed E-state index contributed by atoms with van der Waals surface area (Å²) in [4.78, 5) is 16.0. The molecule has 25 heavy (non-hydrogen) atoms. The molecule has 2 aromatic heterocycles. The number of carbonyl (C=O) groups is 1. The molecule has 1 aliphatic rings. The van der Waals surface area contributed by atoms with E-state index in [9.17, 15) is 4.79 Å². The van der Waals surface area contributed by atoms with Crippen LogP contribution in [0.25, 0.3) is 5.69 Å². The van der Waals surface area contributed by atoms with E-state index in [2.05, 4.69) is 15.4 Å². The molecule has 1 atom stereocenters. The van der Waals surface area contributed by atoms with Gasteiger partial charge in [-0.3, -0.25) is 4.79 Å². The fourth-order valence-corrected chi connectivity index (χ4v) is 3.25. The molecule has 1 saturated heterocycles. The average Bonchev–Trinajstić information content (AvgIpc) is 3.33. The summed E-state index contributed by atoms with van der Waals surface area (Å²) in [5.74, 6) is 0.467. The van der Waals surface area contributed by atoms with Crippen LogP contribution in [-0.4, -0.2) is 37.6 Å². The van der Waals surface area contributed by atoms with Crippen LogP contribution in [0.5, 0.6) is 0 Å². The number of hydrogen-bond donors (Lipinski definition) is 0. The van der Waals surface area contributed by atoms with E-state index in [1.807, 2.05) is 12.1 Å². The molecule has 8 heteroatoms. The SMILES string of the molecule is O=C(c1ccoc1)N1CCCCC1c1nnn(-c2cccc(Cl)c2)n1. The number of benzene rings is 1. The number of likely N-dealkylation sites (tertiary alicyclic amines) is 1. The van der Waals surface area contributed by atoms with E-state index in [4.69, 9.17) is 16.0 Å². The highest BCUT2D eigenvalue weighted by molar-refractivity contribution is 6.30. The maximum absolute atomic E-state index is 12.7. The molecule has 0 N–H and O–H groups in total. The Morgan fingerprint density at radius 2 is 2.20 bits per heavy atom. The molecule has 7 nitrogen and oxygen atoms in total. The Morgan fingerprint density at radius 1 is 1.28 bits per heavy atom. The molecule has 3 aromatic rings. The standard InChI is InChI=1S/C17H16ClN5O2/c18-13-4-3-5-14(10-13)23-20-16(19-21-23)15-6-1-2-8-22(15)17(24)12-7-9-25-11-12/h3-5,7,9-11,15H,1-2,6,8H2. The van der Waals surface area contributed by atoms with Gasteiger partial charge in [0, 0.05) is 11.6 Å². The monoisotopic (exact) mass is 357 g/mol. The lowest BCUT2D eigenvalue weighted by atomic mass is 10.0. The van der Waals surface area contributed by atoms with Crippen LogP contribution in [0.3, 0.4) is 0 Å². The Balaban J connectivity index is 1.62. The molecule has 128 valence electrons. The van der Waals surface area contributed by atoms with Gasteiger partial charge in [0.15, 0.2) is 5.82 Å². The summed E-state index contributed by atoms with van der Waals surface area (Å²) in [6.45, 7) is 0.667. The van der Waals surface area contributed by atoms with Gasteiger partial charge in [0.05, 0.1) is 23.6 Å². The first-order valence-corrected chi connectivity index (χ1v) is 8.49. The second-order valence-electron chi connectivity index (χ2n) is 5.94. The third-order valence-corrected chi connectivity index (χ3v) is 4.53. The summed E-state index contributed by atoms with van der Waals surface area (Å²) in [6.07, 6.45) is 5.75. The number of amides is 1. The van der Waals surface area contributed by atoms with Gasteiger partial charge in [0.25, 0.3) is 5.91 Å². The number of rotatable bonds is 3. The summed E-state index contributed by atoms with van der Waals surface area (Å²) in [6, 6.07) is 8.72.